The van der Waals surface area contributed by atoms with Gasteiger partial charge in [0.15, 0.2) is 17.3 Å². The summed E-state index contributed by atoms with van der Waals surface area (Å²) < 4.78 is 0. The number of para-hydroxylation sites is 1. The molecule has 3 aliphatic rings. The zero-order valence-corrected chi connectivity index (χ0v) is 21.9. The Morgan fingerprint density at radius 1 is 0.821 bits per heavy atom. The normalized spacial score (nSPS) is 22.1. The minimum absolute atomic E-state index is 0.136. The van der Waals surface area contributed by atoms with Crippen molar-refractivity contribution < 1.29 is 14.4 Å². The molecule has 0 amide bonds. The molecule has 2 aliphatic heterocycles. The van der Waals surface area contributed by atoms with E-state index in [-0.39, 0.29) is 17.3 Å². The number of fused-ring (bicyclic) bond motifs is 5. The van der Waals surface area contributed by atoms with Crippen LogP contribution in [0.4, 0.5) is 5.69 Å². The molecule has 3 atom stereocenters. The average Bonchev–Trinajstić information content (AvgIpc) is 3.39. The van der Waals surface area contributed by atoms with Gasteiger partial charge < -0.3 is 4.90 Å². The van der Waals surface area contributed by atoms with E-state index in [4.69, 9.17) is 11.6 Å². The van der Waals surface area contributed by atoms with Crippen LogP contribution in [0.1, 0.15) is 53.7 Å². The van der Waals surface area contributed by atoms with Gasteiger partial charge in [-0.2, -0.15) is 0 Å². The number of benzene rings is 4. The molecule has 0 unspecified atom stereocenters. The van der Waals surface area contributed by atoms with Crippen LogP contribution in [0.2, 0.25) is 5.02 Å². The number of carbonyl (C=O) groups excluding carboxylic acids is 3. The highest BCUT2D eigenvalue weighted by molar-refractivity contribution is 6.32. The van der Waals surface area contributed by atoms with Gasteiger partial charge in [0.2, 0.25) is 0 Å². The van der Waals surface area contributed by atoms with Gasteiger partial charge in [0.1, 0.15) is 11.5 Å². The molecule has 4 aromatic carbocycles. The van der Waals surface area contributed by atoms with E-state index in [0.717, 1.165) is 16.8 Å². The summed E-state index contributed by atoms with van der Waals surface area (Å²) in [5, 5.41) is 0.486. The van der Waals surface area contributed by atoms with Gasteiger partial charge in [-0.05, 0) is 36.2 Å². The maximum absolute atomic E-state index is 14.6. The van der Waals surface area contributed by atoms with Crippen LogP contribution < -0.4 is 4.90 Å². The number of hydrogen-bond acceptors (Lipinski definition) is 4. The summed E-state index contributed by atoms with van der Waals surface area (Å²) in [5.41, 5.74) is 3.34. The standard InChI is InChI=1S/C34H24ClNO3/c1-20-13-15-22(16-14-20)31(37)30-29(23-8-6-9-24(35)19-23)34(32(38)25-10-3-4-11-26(25)33(34)39)28-18-17-21-7-2-5-12-27(21)36(28)30/h2-19,28-30H,1H3/t28-,29-,30+/m0/s1. The molecule has 0 aromatic heterocycles. The van der Waals surface area contributed by atoms with Gasteiger partial charge >= 0.3 is 0 Å². The molecule has 1 saturated heterocycles. The summed E-state index contributed by atoms with van der Waals surface area (Å²) >= 11 is 6.49. The molecular formula is C34H24ClNO3. The molecule has 190 valence electrons. The number of anilines is 1. The van der Waals surface area contributed by atoms with E-state index < -0.39 is 23.4 Å². The second kappa shape index (κ2) is 8.62. The molecular weight excluding hydrogens is 506 g/mol. The molecule has 0 saturated carbocycles. The second-order valence-electron chi connectivity index (χ2n) is 10.6. The minimum atomic E-state index is -1.52. The first-order valence-corrected chi connectivity index (χ1v) is 13.4. The first-order valence-electron chi connectivity index (χ1n) is 13.0. The van der Waals surface area contributed by atoms with Gasteiger partial charge in [-0.15, -0.1) is 0 Å². The molecule has 0 N–H and O–H groups in total. The molecule has 39 heavy (non-hydrogen) atoms. The molecule has 4 nitrogen and oxygen atoms in total. The monoisotopic (exact) mass is 529 g/mol. The molecule has 4 aromatic rings. The third kappa shape index (κ3) is 3.22. The van der Waals surface area contributed by atoms with Crippen molar-refractivity contribution in [2.24, 2.45) is 5.41 Å². The highest BCUT2D eigenvalue weighted by Gasteiger charge is 2.71. The molecule has 7 rings (SSSR count). The van der Waals surface area contributed by atoms with Crippen molar-refractivity contribution in [2.45, 2.75) is 24.9 Å². The van der Waals surface area contributed by atoms with Crippen LogP contribution >= 0.6 is 11.6 Å². The molecule has 1 fully saturated rings. The summed E-state index contributed by atoms with van der Waals surface area (Å²) in [7, 11) is 0. The van der Waals surface area contributed by atoms with Crippen molar-refractivity contribution in [3.63, 3.8) is 0 Å². The molecule has 2 heterocycles. The highest BCUT2D eigenvalue weighted by Crippen LogP contribution is 2.61. The van der Waals surface area contributed by atoms with E-state index in [2.05, 4.69) is 0 Å². The lowest BCUT2D eigenvalue weighted by Gasteiger charge is -2.37. The summed E-state index contributed by atoms with van der Waals surface area (Å²) in [6.45, 7) is 1.97. The molecule has 1 aliphatic carbocycles. The Balaban J connectivity index is 1.55. The third-order valence-electron chi connectivity index (χ3n) is 8.53. The predicted octanol–water partition coefficient (Wildman–Crippen LogP) is 6.96. The Kier molecular flexibility index (Phi) is 5.26. The average molecular weight is 530 g/mol. The van der Waals surface area contributed by atoms with Crippen LogP contribution in [0.5, 0.6) is 0 Å². The maximum Gasteiger partial charge on any atom is 0.185 e. The number of halogens is 1. The fourth-order valence-corrected chi connectivity index (χ4v) is 7.08. The summed E-state index contributed by atoms with van der Waals surface area (Å²) in [6.07, 6.45) is 3.90. The molecule has 0 radical (unpaired) electrons. The zero-order valence-electron chi connectivity index (χ0n) is 21.2. The number of carbonyl (C=O) groups is 3. The van der Waals surface area contributed by atoms with E-state index in [0.29, 0.717) is 27.3 Å². The molecule has 5 heteroatoms. The van der Waals surface area contributed by atoms with Gasteiger partial charge in [-0.3, -0.25) is 14.4 Å². The van der Waals surface area contributed by atoms with Crippen molar-refractivity contribution in [3.8, 4) is 0 Å². The van der Waals surface area contributed by atoms with Gasteiger partial charge in [0.25, 0.3) is 0 Å². The number of Topliss-reactive ketones (excluding diaryl/α,β-unsaturated/α-hetero) is 3. The number of ketones is 3. The van der Waals surface area contributed by atoms with E-state index in [1.54, 1.807) is 36.4 Å². The van der Waals surface area contributed by atoms with Crippen LogP contribution in [0, 0.1) is 12.3 Å². The minimum Gasteiger partial charge on any atom is -0.352 e. The van der Waals surface area contributed by atoms with Gasteiger partial charge in [-0.1, -0.05) is 108 Å². The van der Waals surface area contributed by atoms with Gasteiger partial charge in [0.05, 0.1) is 6.04 Å². The fourth-order valence-electron chi connectivity index (χ4n) is 6.88. The van der Waals surface area contributed by atoms with Crippen LogP contribution in [0.15, 0.2) is 103 Å². The SMILES string of the molecule is Cc1ccc(C(=O)[C@H]2[C@H](c3cccc(Cl)c3)C3(C(=O)c4ccccc4C3=O)[C@@H]3C=Cc4ccccc4N32)cc1. The smallest absolute Gasteiger partial charge is 0.185 e. The number of aryl methyl sites for hydroxylation is 1. The van der Waals surface area contributed by atoms with E-state index >= 15 is 0 Å². The van der Waals surface area contributed by atoms with Crippen LogP contribution in [-0.2, 0) is 0 Å². The van der Waals surface area contributed by atoms with E-state index in [9.17, 15) is 14.4 Å². The Bertz CT molecular complexity index is 1690. The first-order chi connectivity index (χ1) is 18.9. The summed E-state index contributed by atoms with van der Waals surface area (Å²) in [6, 6.07) is 28.1. The van der Waals surface area contributed by atoms with Crippen molar-refractivity contribution in [1.82, 2.24) is 0 Å². The maximum atomic E-state index is 14.6. The topological polar surface area (TPSA) is 54.5 Å². The summed E-state index contributed by atoms with van der Waals surface area (Å²) in [5.74, 6) is -1.39. The second-order valence-corrected chi connectivity index (χ2v) is 11.0. The number of hydrogen-bond donors (Lipinski definition) is 0. The Labute approximate surface area is 231 Å². The zero-order chi connectivity index (χ0) is 26.9. The van der Waals surface area contributed by atoms with Crippen LogP contribution in [0.3, 0.4) is 0 Å². The quantitative estimate of drug-likeness (QED) is 0.212. The van der Waals surface area contributed by atoms with E-state index in [1.807, 2.05) is 84.6 Å². The van der Waals surface area contributed by atoms with Gasteiger partial charge in [0, 0.05) is 33.3 Å². The Morgan fingerprint density at radius 2 is 1.49 bits per heavy atom. The van der Waals surface area contributed by atoms with Crippen molar-refractivity contribution in [3.05, 3.63) is 142 Å². The van der Waals surface area contributed by atoms with Crippen LogP contribution in [-0.4, -0.2) is 29.4 Å². The largest absolute Gasteiger partial charge is 0.352 e. The van der Waals surface area contributed by atoms with Crippen molar-refractivity contribution in [1.29, 1.82) is 0 Å². The van der Waals surface area contributed by atoms with Crippen molar-refractivity contribution >= 4 is 40.7 Å². The molecule has 0 bridgehead atoms. The van der Waals surface area contributed by atoms with Crippen LogP contribution in [0.25, 0.3) is 6.08 Å². The third-order valence-corrected chi connectivity index (χ3v) is 8.76. The predicted molar refractivity (Wildman–Crippen MR) is 153 cm³/mol. The highest BCUT2D eigenvalue weighted by atomic mass is 35.5. The lowest BCUT2D eigenvalue weighted by Crippen LogP contribution is -2.48. The molecule has 1 spiro atoms. The first kappa shape index (κ1) is 23.8. The van der Waals surface area contributed by atoms with Crippen molar-refractivity contribution in [2.75, 3.05) is 4.90 Å². The van der Waals surface area contributed by atoms with Gasteiger partial charge in [-0.25, -0.2) is 0 Å². The summed E-state index contributed by atoms with van der Waals surface area (Å²) in [4.78, 5) is 45.8. The number of nitrogens with zero attached hydrogens (tertiary/aromatic N) is 1. The lowest BCUT2D eigenvalue weighted by atomic mass is 9.64. The Hall–Kier alpha value is -4.28. The Morgan fingerprint density at radius 3 is 2.18 bits per heavy atom. The van der Waals surface area contributed by atoms with E-state index in [1.165, 1.54) is 0 Å². The fraction of sp³-hybridized carbons (Fsp3) is 0.147. The number of rotatable bonds is 3. The lowest BCUT2D eigenvalue weighted by molar-refractivity contribution is 0.0666.